The van der Waals surface area contributed by atoms with Crippen molar-refractivity contribution in [1.29, 1.82) is 0 Å². The van der Waals surface area contributed by atoms with Crippen molar-refractivity contribution in [1.82, 2.24) is 4.90 Å². The van der Waals surface area contributed by atoms with E-state index in [2.05, 4.69) is 25.7 Å². The number of rotatable bonds is 4. The predicted octanol–water partition coefficient (Wildman–Crippen LogP) is 1.94. The highest BCUT2D eigenvalue weighted by Gasteiger charge is 2.45. The van der Waals surface area contributed by atoms with E-state index in [1.807, 2.05) is 0 Å². The van der Waals surface area contributed by atoms with Crippen LogP contribution in [0.4, 0.5) is 0 Å². The number of ether oxygens (including phenoxy) is 1. The van der Waals surface area contributed by atoms with E-state index in [1.54, 1.807) is 0 Å². The third-order valence-corrected chi connectivity index (χ3v) is 3.85. The molecule has 3 nitrogen and oxygen atoms in total. The van der Waals surface area contributed by atoms with E-state index >= 15 is 0 Å². The summed E-state index contributed by atoms with van der Waals surface area (Å²) < 4.78 is 5.93. The van der Waals surface area contributed by atoms with Crippen molar-refractivity contribution in [2.75, 3.05) is 19.6 Å². The maximum atomic E-state index is 5.93. The SMILES string of the molecule is CC1CN(CC2(CC(N)=S)CC2)CC(C)(C)O1. The van der Waals surface area contributed by atoms with Crippen LogP contribution < -0.4 is 5.73 Å². The van der Waals surface area contributed by atoms with Crippen LogP contribution >= 0.6 is 12.2 Å². The first kappa shape index (κ1) is 13.2. The minimum atomic E-state index is -0.0308. The van der Waals surface area contributed by atoms with Crippen molar-refractivity contribution in [2.24, 2.45) is 11.1 Å². The van der Waals surface area contributed by atoms with Crippen LogP contribution in [0, 0.1) is 5.41 Å². The Hall–Kier alpha value is -0.190. The first-order valence-electron chi connectivity index (χ1n) is 6.49. The smallest absolute Gasteiger partial charge is 0.0757 e. The van der Waals surface area contributed by atoms with Crippen molar-refractivity contribution >= 4 is 17.2 Å². The molecule has 0 bridgehead atoms. The van der Waals surface area contributed by atoms with E-state index in [0.29, 0.717) is 16.5 Å². The average molecular weight is 256 g/mol. The quantitative estimate of drug-likeness (QED) is 0.780. The lowest BCUT2D eigenvalue weighted by atomic mass is 9.98. The molecule has 17 heavy (non-hydrogen) atoms. The Kier molecular flexibility index (Phi) is 3.49. The largest absolute Gasteiger partial charge is 0.393 e. The van der Waals surface area contributed by atoms with Crippen LogP contribution in [0.15, 0.2) is 0 Å². The summed E-state index contributed by atoms with van der Waals surface area (Å²) in [5.74, 6) is 0. The Morgan fingerprint density at radius 3 is 2.59 bits per heavy atom. The van der Waals surface area contributed by atoms with Gasteiger partial charge in [-0.25, -0.2) is 0 Å². The molecule has 4 heteroatoms. The van der Waals surface area contributed by atoms with Gasteiger partial charge in [0.1, 0.15) is 0 Å². The maximum absolute atomic E-state index is 5.93. The number of nitrogens with two attached hydrogens (primary N) is 1. The lowest BCUT2D eigenvalue weighted by Gasteiger charge is -2.43. The van der Waals surface area contributed by atoms with Gasteiger partial charge in [0.2, 0.25) is 0 Å². The van der Waals surface area contributed by atoms with Gasteiger partial charge in [-0.15, -0.1) is 0 Å². The molecule has 0 aromatic carbocycles. The number of nitrogens with zero attached hydrogens (tertiary/aromatic N) is 1. The zero-order valence-corrected chi connectivity index (χ0v) is 12.0. The van der Waals surface area contributed by atoms with Gasteiger partial charge in [0.05, 0.1) is 16.7 Å². The number of hydrogen-bond acceptors (Lipinski definition) is 3. The summed E-state index contributed by atoms with van der Waals surface area (Å²) in [7, 11) is 0. The molecule has 0 aromatic heterocycles. The summed E-state index contributed by atoms with van der Waals surface area (Å²) >= 11 is 5.05. The minimum Gasteiger partial charge on any atom is -0.393 e. The van der Waals surface area contributed by atoms with Crippen molar-refractivity contribution in [2.45, 2.75) is 51.7 Å². The zero-order chi connectivity index (χ0) is 12.7. The number of thiocarbonyl (C=S) groups is 1. The summed E-state index contributed by atoms with van der Waals surface area (Å²) in [6.07, 6.45) is 3.78. The van der Waals surface area contributed by atoms with E-state index in [9.17, 15) is 0 Å². The summed E-state index contributed by atoms with van der Waals surface area (Å²) in [5, 5.41) is 0. The van der Waals surface area contributed by atoms with Gasteiger partial charge in [-0.05, 0) is 39.0 Å². The van der Waals surface area contributed by atoms with E-state index < -0.39 is 0 Å². The van der Waals surface area contributed by atoms with Gasteiger partial charge < -0.3 is 10.5 Å². The van der Waals surface area contributed by atoms with Crippen LogP contribution in [0.2, 0.25) is 0 Å². The first-order chi connectivity index (χ1) is 7.80. The topological polar surface area (TPSA) is 38.5 Å². The summed E-state index contributed by atoms with van der Waals surface area (Å²) in [6, 6.07) is 0. The van der Waals surface area contributed by atoms with Gasteiger partial charge in [0, 0.05) is 26.1 Å². The standard InChI is InChI=1S/C13H24N2OS/c1-10-7-15(8-12(2,3)16-10)9-13(4-5-13)6-11(14)17/h10H,4-9H2,1-3H3,(H2,14,17). The van der Waals surface area contributed by atoms with Crippen LogP contribution in [0.5, 0.6) is 0 Å². The third kappa shape index (κ3) is 3.63. The highest BCUT2D eigenvalue weighted by atomic mass is 32.1. The molecule has 1 heterocycles. The second-order valence-electron chi connectivity index (χ2n) is 6.50. The molecule has 0 radical (unpaired) electrons. The van der Waals surface area contributed by atoms with Crippen LogP contribution in [-0.2, 0) is 4.74 Å². The van der Waals surface area contributed by atoms with Gasteiger partial charge in [-0.3, -0.25) is 4.90 Å². The highest BCUT2D eigenvalue weighted by molar-refractivity contribution is 7.80. The molecule has 1 saturated heterocycles. The van der Waals surface area contributed by atoms with E-state index in [1.165, 1.54) is 12.8 Å². The van der Waals surface area contributed by atoms with Gasteiger partial charge in [0.25, 0.3) is 0 Å². The molecule has 0 spiro atoms. The molecular weight excluding hydrogens is 232 g/mol. The second-order valence-corrected chi connectivity index (χ2v) is 7.03. The maximum Gasteiger partial charge on any atom is 0.0757 e. The molecule has 1 aliphatic heterocycles. The summed E-state index contributed by atoms with van der Waals surface area (Å²) in [5.41, 5.74) is 6.05. The van der Waals surface area contributed by atoms with Crippen LogP contribution in [0.1, 0.15) is 40.0 Å². The second kappa shape index (κ2) is 4.48. The van der Waals surface area contributed by atoms with Crippen molar-refractivity contribution in [3.8, 4) is 0 Å². The van der Waals surface area contributed by atoms with E-state index in [4.69, 9.17) is 22.7 Å². The predicted molar refractivity (Wildman–Crippen MR) is 74.1 cm³/mol. The molecule has 2 aliphatic rings. The van der Waals surface area contributed by atoms with Crippen molar-refractivity contribution in [3.63, 3.8) is 0 Å². The summed E-state index contributed by atoms with van der Waals surface area (Å²) in [4.78, 5) is 3.20. The number of hydrogen-bond donors (Lipinski definition) is 1. The minimum absolute atomic E-state index is 0.0308. The van der Waals surface area contributed by atoms with Crippen LogP contribution in [-0.4, -0.2) is 41.2 Å². The molecule has 1 unspecified atom stereocenters. The third-order valence-electron chi connectivity index (χ3n) is 3.71. The lowest BCUT2D eigenvalue weighted by molar-refractivity contribution is -0.131. The Labute approximate surface area is 110 Å². The van der Waals surface area contributed by atoms with Gasteiger partial charge in [-0.2, -0.15) is 0 Å². The van der Waals surface area contributed by atoms with Gasteiger partial charge in [0.15, 0.2) is 0 Å². The van der Waals surface area contributed by atoms with Crippen molar-refractivity contribution in [3.05, 3.63) is 0 Å². The molecule has 1 saturated carbocycles. The molecule has 1 aliphatic carbocycles. The fourth-order valence-corrected chi connectivity index (χ4v) is 3.42. The Morgan fingerprint density at radius 2 is 2.12 bits per heavy atom. The molecule has 98 valence electrons. The number of morpholine rings is 1. The molecule has 2 rings (SSSR count). The molecule has 2 N–H and O–H groups in total. The van der Waals surface area contributed by atoms with Gasteiger partial charge in [-0.1, -0.05) is 12.2 Å². The molecular formula is C13H24N2OS. The first-order valence-corrected chi connectivity index (χ1v) is 6.90. The average Bonchev–Trinajstić information content (AvgIpc) is 2.78. The van der Waals surface area contributed by atoms with Crippen molar-refractivity contribution < 1.29 is 4.74 Å². The zero-order valence-electron chi connectivity index (χ0n) is 11.2. The monoisotopic (exact) mass is 256 g/mol. The molecule has 2 fully saturated rings. The summed E-state index contributed by atoms with van der Waals surface area (Å²) in [6.45, 7) is 9.66. The van der Waals surface area contributed by atoms with Crippen LogP contribution in [0.25, 0.3) is 0 Å². The lowest BCUT2D eigenvalue weighted by Crippen LogP contribution is -2.53. The highest BCUT2D eigenvalue weighted by Crippen LogP contribution is 2.49. The Bertz CT molecular complexity index is 313. The Balaban J connectivity index is 1.92. The van der Waals surface area contributed by atoms with Crippen LogP contribution in [0.3, 0.4) is 0 Å². The van der Waals surface area contributed by atoms with E-state index in [0.717, 1.165) is 26.1 Å². The fourth-order valence-electron chi connectivity index (χ4n) is 3.12. The fraction of sp³-hybridized carbons (Fsp3) is 0.923. The Morgan fingerprint density at radius 1 is 1.47 bits per heavy atom. The normalized spacial score (nSPS) is 31.1. The molecule has 0 aromatic rings. The van der Waals surface area contributed by atoms with E-state index in [-0.39, 0.29) is 5.60 Å². The molecule has 0 amide bonds. The van der Waals surface area contributed by atoms with Gasteiger partial charge >= 0.3 is 0 Å². The molecule has 1 atom stereocenters.